The highest BCUT2D eigenvalue weighted by Crippen LogP contribution is 2.38. The molecular formula is C54H44N4O. The Morgan fingerprint density at radius 2 is 1.32 bits per heavy atom. The van der Waals surface area contributed by atoms with Crippen molar-refractivity contribution >= 4 is 32.8 Å². The lowest BCUT2D eigenvalue weighted by molar-refractivity contribution is -0.571. The highest BCUT2D eigenvalue weighted by Gasteiger charge is 2.21. The first-order valence-electron chi connectivity index (χ1n) is 24.7. The number of benzene rings is 7. The topological polar surface area (TPSA) is 35.9 Å². The van der Waals surface area contributed by atoms with Crippen molar-refractivity contribution in [2.24, 2.45) is 0 Å². The second-order valence-corrected chi connectivity index (χ2v) is 14.5. The molecule has 0 bridgehead atoms. The van der Waals surface area contributed by atoms with E-state index in [1.54, 1.807) is 22.8 Å². The van der Waals surface area contributed by atoms with Crippen molar-refractivity contribution in [3.8, 4) is 50.9 Å². The Labute approximate surface area is 359 Å². The van der Waals surface area contributed by atoms with Crippen molar-refractivity contribution in [3.63, 3.8) is 0 Å². The van der Waals surface area contributed by atoms with Gasteiger partial charge in [-0.25, -0.2) is 4.98 Å². The summed E-state index contributed by atoms with van der Waals surface area (Å²) in [4.78, 5) is 4.86. The third-order valence-corrected chi connectivity index (χ3v) is 11.1. The average molecular weight is 775 g/mol. The largest absolute Gasteiger partial charge is 0.458 e. The number of fused-ring (bicyclic) bond motifs is 4. The number of pyridine rings is 1. The summed E-state index contributed by atoms with van der Waals surface area (Å²) in [7, 11) is 0. The molecule has 0 unspecified atom stereocenters. The summed E-state index contributed by atoms with van der Waals surface area (Å²) in [6.07, 6.45) is 7.42. The van der Waals surface area contributed by atoms with Gasteiger partial charge in [-0.05, 0) is 108 Å². The predicted molar refractivity (Wildman–Crippen MR) is 241 cm³/mol. The number of hydrogen-bond acceptors (Lipinski definition) is 2. The van der Waals surface area contributed by atoms with Gasteiger partial charge in [0.05, 0.1) is 47.1 Å². The van der Waals surface area contributed by atoms with Gasteiger partial charge >= 0.3 is 0 Å². The van der Waals surface area contributed by atoms with E-state index >= 15 is 0 Å². The summed E-state index contributed by atoms with van der Waals surface area (Å²) in [5.41, 5.74) is 6.20. The van der Waals surface area contributed by atoms with Crippen LogP contribution in [0.25, 0.3) is 72.3 Å². The quantitative estimate of drug-likeness (QED) is 0.102. The predicted octanol–water partition coefficient (Wildman–Crippen LogP) is 13.5. The highest BCUT2D eigenvalue weighted by molar-refractivity contribution is 6.09. The van der Waals surface area contributed by atoms with Gasteiger partial charge in [0, 0.05) is 23.0 Å². The Morgan fingerprint density at radius 3 is 2.07 bits per heavy atom. The Kier molecular flexibility index (Phi) is 6.89. The van der Waals surface area contributed by atoms with Crippen LogP contribution in [0.5, 0.6) is 11.5 Å². The number of para-hydroxylation sites is 3. The molecule has 0 N–H and O–H groups in total. The zero-order chi connectivity index (χ0) is 48.6. The fourth-order valence-corrected chi connectivity index (χ4v) is 8.29. The third-order valence-electron chi connectivity index (χ3n) is 11.1. The molecule has 0 amide bonds. The van der Waals surface area contributed by atoms with Crippen LogP contribution in [0.4, 0.5) is 0 Å². The van der Waals surface area contributed by atoms with Crippen molar-refractivity contribution in [2.75, 3.05) is 0 Å². The molecule has 0 aliphatic rings. The first kappa shape index (κ1) is 26.6. The second kappa shape index (κ2) is 15.3. The lowest BCUT2D eigenvalue weighted by Gasteiger charge is -2.17. The molecule has 286 valence electrons. The molecule has 10 aromatic rings. The number of imidazole rings is 1. The van der Waals surface area contributed by atoms with E-state index in [9.17, 15) is 0 Å². The summed E-state index contributed by atoms with van der Waals surface area (Å²) in [5, 5.41) is 2.15. The van der Waals surface area contributed by atoms with E-state index in [4.69, 9.17) is 23.4 Å². The molecule has 0 saturated heterocycles. The number of aryl methyl sites for hydroxylation is 1. The third kappa shape index (κ3) is 6.45. The number of rotatable bonds is 10. The molecule has 0 aliphatic carbocycles. The summed E-state index contributed by atoms with van der Waals surface area (Å²) in [5.74, 6) is 2.37. The van der Waals surface area contributed by atoms with E-state index in [0.29, 0.717) is 34.1 Å². The van der Waals surface area contributed by atoms with Gasteiger partial charge in [0.15, 0.2) is 0 Å². The SMILES string of the molecule is [2H]c1c([2H])c([2H])c(-c2cccc(-c3c([2H])c([2H])c([2H])c([2H])c3[2H])c2-[n+]2[c-]n(-c3cccc(Oc4ccc5c6ccccc6n(-c6cc(C(CC)CC)ccn6)c5c4)c3)c3cccc(C)c32)c([2H])c1[2H]. The molecule has 0 spiro atoms. The maximum Gasteiger partial charge on any atom is 0.269 e. The molecule has 5 heteroatoms. The minimum atomic E-state index is -0.563. The van der Waals surface area contributed by atoms with E-state index in [2.05, 4.69) is 55.1 Å². The summed E-state index contributed by atoms with van der Waals surface area (Å²) < 4.78 is 99.6. The van der Waals surface area contributed by atoms with E-state index in [-0.39, 0.29) is 27.9 Å². The zero-order valence-corrected chi connectivity index (χ0v) is 32.7. The number of ether oxygens (including phenoxy) is 1. The van der Waals surface area contributed by atoms with Crippen LogP contribution >= 0.6 is 0 Å². The normalized spacial score (nSPS) is 14.0. The minimum Gasteiger partial charge on any atom is -0.458 e. The van der Waals surface area contributed by atoms with Crippen molar-refractivity contribution < 1.29 is 23.0 Å². The van der Waals surface area contributed by atoms with Gasteiger partial charge in [-0.1, -0.05) is 135 Å². The van der Waals surface area contributed by atoms with Crippen molar-refractivity contribution in [2.45, 2.75) is 39.5 Å². The van der Waals surface area contributed by atoms with Gasteiger partial charge in [0.2, 0.25) is 0 Å². The lowest BCUT2D eigenvalue weighted by atomic mass is 9.95. The van der Waals surface area contributed by atoms with Crippen LogP contribution in [-0.4, -0.2) is 14.1 Å². The Balaban J connectivity index is 1.15. The minimum absolute atomic E-state index is 0.124. The molecule has 0 aliphatic heterocycles. The number of aromatic nitrogens is 4. The first-order chi connectivity index (χ1) is 33.2. The van der Waals surface area contributed by atoms with E-state index in [1.807, 2.05) is 84.4 Å². The van der Waals surface area contributed by atoms with Crippen LogP contribution in [0, 0.1) is 13.3 Å². The molecule has 10 rings (SSSR count). The van der Waals surface area contributed by atoms with E-state index < -0.39 is 60.4 Å². The molecule has 0 radical (unpaired) electrons. The van der Waals surface area contributed by atoms with Gasteiger partial charge in [-0.15, -0.1) is 0 Å². The van der Waals surface area contributed by atoms with Crippen molar-refractivity contribution in [3.05, 3.63) is 199 Å². The first-order valence-corrected chi connectivity index (χ1v) is 19.7. The molecule has 0 fully saturated rings. The molecule has 3 aromatic heterocycles. The van der Waals surface area contributed by atoms with Gasteiger partial charge in [-0.3, -0.25) is 13.7 Å². The maximum atomic E-state index is 9.04. The smallest absolute Gasteiger partial charge is 0.269 e. The number of hydrogen-bond donors (Lipinski definition) is 0. The zero-order valence-electron chi connectivity index (χ0n) is 42.7. The second-order valence-electron chi connectivity index (χ2n) is 14.5. The van der Waals surface area contributed by atoms with Crippen LogP contribution in [-0.2, 0) is 0 Å². The molecular weight excluding hydrogens is 721 g/mol. The molecule has 3 heterocycles. The highest BCUT2D eigenvalue weighted by atomic mass is 16.5. The van der Waals surface area contributed by atoms with Gasteiger partial charge in [-0.2, -0.15) is 0 Å². The van der Waals surface area contributed by atoms with Crippen LogP contribution in [0.2, 0.25) is 0 Å². The van der Waals surface area contributed by atoms with Crippen molar-refractivity contribution in [1.82, 2.24) is 14.1 Å². The Hall–Kier alpha value is -7.24. The average Bonchev–Trinajstić information content (AvgIpc) is 3.91. The lowest BCUT2D eigenvalue weighted by Crippen LogP contribution is -2.32. The summed E-state index contributed by atoms with van der Waals surface area (Å²) in [6.45, 7) is 6.32. The van der Waals surface area contributed by atoms with Crippen LogP contribution in [0.3, 0.4) is 0 Å². The molecule has 59 heavy (non-hydrogen) atoms. The van der Waals surface area contributed by atoms with E-state index in [1.165, 1.54) is 5.56 Å². The van der Waals surface area contributed by atoms with Crippen molar-refractivity contribution in [1.29, 1.82) is 0 Å². The van der Waals surface area contributed by atoms with Crippen LogP contribution < -0.4 is 9.30 Å². The Bertz CT molecular complexity index is 3580. The van der Waals surface area contributed by atoms with Crippen LogP contribution in [0.15, 0.2) is 182 Å². The molecule has 0 atom stereocenters. The number of nitrogens with zero attached hydrogens (tertiary/aromatic N) is 4. The molecule has 5 nitrogen and oxygen atoms in total. The fourth-order valence-electron chi connectivity index (χ4n) is 8.29. The van der Waals surface area contributed by atoms with E-state index in [0.717, 1.165) is 46.0 Å². The van der Waals surface area contributed by atoms with Crippen LogP contribution in [0.1, 0.15) is 57.4 Å². The summed E-state index contributed by atoms with van der Waals surface area (Å²) >= 11 is 0. The maximum absolute atomic E-state index is 9.04. The van der Waals surface area contributed by atoms with Gasteiger partial charge in [0.25, 0.3) is 6.33 Å². The van der Waals surface area contributed by atoms with Gasteiger partial charge < -0.3 is 4.74 Å². The molecule has 0 saturated carbocycles. The molecule has 7 aromatic carbocycles. The standard InChI is InChI=1S/C54H44N4O/c1-4-38(5-2)41-31-32-55-52(33-41)58-49-27-13-12-24-47(49)48-30-29-44(35-51(48)58)59-43-23-15-22-42(34-43)56-36-57(53-37(3)17-14-28-50(53)56)54-45(39-18-8-6-9-19-39)25-16-26-46(54)40-20-10-7-11-21-40/h6-35,38H,4-5H2,1-3H3/i6D,7D,8D,9D,10D,11D,18D,19D,20D,21D. The summed E-state index contributed by atoms with van der Waals surface area (Å²) in [6, 6.07) is 31.5. The monoisotopic (exact) mass is 774 g/mol. The Morgan fingerprint density at radius 1 is 0.661 bits per heavy atom. The fraction of sp³-hybridized carbons (Fsp3) is 0.111. The van der Waals surface area contributed by atoms with Gasteiger partial charge in [0.1, 0.15) is 17.3 Å².